The second kappa shape index (κ2) is 2.99. The molecule has 0 amide bonds. The molecule has 0 aliphatic heterocycles. The maximum atomic E-state index is 10.0. The predicted octanol–water partition coefficient (Wildman–Crippen LogP) is 2.32. The van der Waals surface area contributed by atoms with Crippen molar-refractivity contribution in [2.45, 2.75) is 38.3 Å². The molecule has 0 atom stereocenters. The van der Waals surface area contributed by atoms with Gasteiger partial charge in [0.1, 0.15) is 0 Å². The Hall–Kier alpha value is -0.335. The van der Waals surface area contributed by atoms with Gasteiger partial charge in [-0.05, 0) is 5.82 Å². The van der Waals surface area contributed by atoms with Crippen molar-refractivity contribution < 1.29 is 0 Å². The van der Waals surface area contributed by atoms with Crippen molar-refractivity contribution in [1.29, 1.82) is 0 Å². The zero-order valence-corrected chi connectivity index (χ0v) is 5.84. The van der Waals surface area contributed by atoms with Crippen molar-refractivity contribution >= 4 is 6.85 Å². The van der Waals surface area contributed by atoms with Crippen molar-refractivity contribution in [3.05, 3.63) is 4.91 Å². The zero-order valence-electron chi connectivity index (χ0n) is 5.84. The van der Waals surface area contributed by atoms with E-state index in [1.807, 2.05) is 6.82 Å². The quantitative estimate of drug-likeness (QED) is 0.411. The maximum absolute atomic E-state index is 10.0. The molecule has 50 valence electrons. The number of hydrogen-bond acceptors (Lipinski definition) is 2. The van der Waals surface area contributed by atoms with E-state index in [1.54, 1.807) is 0 Å². The molecular weight excluding hydrogens is 113 g/mol. The molecule has 0 heterocycles. The molecule has 9 heavy (non-hydrogen) atoms. The molecular formula is C6H12BNO. The summed E-state index contributed by atoms with van der Waals surface area (Å²) in [7, 11) is 0. The van der Waals surface area contributed by atoms with Crippen LogP contribution in [0, 0.1) is 4.91 Å². The molecule has 0 bridgehead atoms. The fraction of sp³-hybridized carbons (Fsp3) is 1.00. The Morgan fingerprint density at radius 1 is 1.44 bits per heavy atom. The van der Waals surface area contributed by atoms with Crippen LogP contribution in [-0.4, -0.2) is 6.85 Å². The van der Waals surface area contributed by atoms with Crippen LogP contribution in [0.3, 0.4) is 0 Å². The summed E-state index contributed by atoms with van der Waals surface area (Å²) in [6.07, 6.45) is 5.02. The smallest absolute Gasteiger partial charge is 0.168 e. The second-order valence-electron chi connectivity index (χ2n) is 2.89. The van der Waals surface area contributed by atoms with E-state index in [4.69, 9.17) is 0 Å². The topological polar surface area (TPSA) is 29.4 Å². The van der Waals surface area contributed by atoms with Gasteiger partial charge in [-0.15, -0.1) is 5.09 Å². The van der Waals surface area contributed by atoms with Crippen LogP contribution in [0.2, 0.25) is 12.6 Å². The summed E-state index contributed by atoms with van der Waals surface area (Å²) in [5.41, 5.74) is 0. The molecule has 0 unspecified atom stereocenters. The van der Waals surface area contributed by atoms with Gasteiger partial charge < -0.3 is 0 Å². The van der Waals surface area contributed by atoms with Gasteiger partial charge in [0.15, 0.2) is 0 Å². The Balaban J connectivity index is 2.32. The third-order valence-corrected chi connectivity index (χ3v) is 2.25. The van der Waals surface area contributed by atoms with Gasteiger partial charge in [0.25, 0.3) is 0 Å². The largest absolute Gasteiger partial charge is 0.337 e. The summed E-state index contributed by atoms with van der Waals surface area (Å²) in [6.45, 7) is 1.98. The minimum atomic E-state index is 0.0625. The van der Waals surface area contributed by atoms with Crippen LogP contribution >= 0.6 is 0 Å². The van der Waals surface area contributed by atoms with Gasteiger partial charge in [-0.1, -0.05) is 32.5 Å². The van der Waals surface area contributed by atoms with E-state index in [2.05, 4.69) is 5.09 Å². The highest BCUT2D eigenvalue weighted by Crippen LogP contribution is 2.32. The molecule has 1 rings (SSSR count). The number of nitroso groups, excluding NO2 is 1. The minimum Gasteiger partial charge on any atom is -0.168 e. The highest BCUT2D eigenvalue weighted by molar-refractivity contribution is 6.56. The first-order valence-corrected chi connectivity index (χ1v) is 3.67. The second-order valence-corrected chi connectivity index (χ2v) is 2.89. The van der Waals surface area contributed by atoms with Gasteiger partial charge >= 0.3 is 6.85 Å². The van der Waals surface area contributed by atoms with E-state index in [9.17, 15) is 4.91 Å². The summed E-state index contributed by atoms with van der Waals surface area (Å²) in [6, 6.07) is 0. The molecule has 1 aliphatic carbocycles. The molecule has 0 aromatic carbocycles. The van der Waals surface area contributed by atoms with Crippen LogP contribution < -0.4 is 0 Å². The highest BCUT2D eigenvalue weighted by Gasteiger charge is 2.25. The van der Waals surface area contributed by atoms with Crippen molar-refractivity contribution in [2.24, 2.45) is 5.09 Å². The molecule has 0 aromatic rings. The van der Waals surface area contributed by atoms with E-state index in [0.717, 1.165) is 0 Å². The average molecular weight is 125 g/mol. The number of nitrogens with zero attached hydrogens (tertiary/aromatic N) is 1. The Labute approximate surface area is 56.1 Å². The van der Waals surface area contributed by atoms with E-state index in [1.165, 1.54) is 25.7 Å². The molecule has 0 spiro atoms. The summed E-state index contributed by atoms with van der Waals surface area (Å²) in [4.78, 5) is 10.0. The Morgan fingerprint density at radius 2 is 2.00 bits per heavy atom. The maximum Gasteiger partial charge on any atom is 0.337 e. The standard InChI is InChI=1S/C6H12BNO/c1-7(8-9)6-4-2-3-5-6/h6H,2-5H2,1H3. The van der Waals surface area contributed by atoms with E-state index < -0.39 is 0 Å². The van der Waals surface area contributed by atoms with Crippen LogP contribution in [0.1, 0.15) is 25.7 Å². The van der Waals surface area contributed by atoms with Crippen LogP contribution in [0.5, 0.6) is 0 Å². The van der Waals surface area contributed by atoms with E-state index in [0.29, 0.717) is 5.82 Å². The lowest BCUT2D eigenvalue weighted by atomic mass is 9.54. The number of rotatable bonds is 2. The molecule has 1 aliphatic rings. The number of hydrogen-bond donors (Lipinski definition) is 0. The Bertz CT molecular complexity index is 101. The van der Waals surface area contributed by atoms with Crippen LogP contribution in [-0.2, 0) is 0 Å². The lowest BCUT2D eigenvalue weighted by molar-refractivity contribution is 0.851. The lowest BCUT2D eigenvalue weighted by Crippen LogP contribution is -2.09. The third kappa shape index (κ3) is 1.53. The molecule has 1 fully saturated rings. The first kappa shape index (κ1) is 6.78. The van der Waals surface area contributed by atoms with Crippen molar-refractivity contribution in [3.63, 3.8) is 0 Å². The van der Waals surface area contributed by atoms with Crippen molar-refractivity contribution in [2.75, 3.05) is 0 Å². The van der Waals surface area contributed by atoms with Crippen LogP contribution in [0.4, 0.5) is 0 Å². The molecule has 0 aromatic heterocycles. The summed E-state index contributed by atoms with van der Waals surface area (Å²) in [5.74, 6) is 0.600. The van der Waals surface area contributed by atoms with Gasteiger partial charge in [0.05, 0.1) is 0 Å². The summed E-state index contributed by atoms with van der Waals surface area (Å²) < 4.78 is 0. The molecule has 2 nitrogen and oxygen atoms in total. The third-order valence-electron chi connectivity index (χ3n) is 2.25. The summed E-state index contributed by atoms with van der Waals surface area (Å²) >= 11 is 0. The van der Waals surface area contributed by atoms with E-state index >= 15 is 0 Å². The van der Waals surface area contributed by atoms with Crippen LogP contribution in [0.15, 0.2) is 5.09 Å². The molecule has 1 saturated carbocycles. The highest BCUT2D eigenvalue weighted by atomic mass is 16.2. The lowest BCUT2D eigenvalue weighted by Gasteiger charge is -2.04. The van der Waals surface area contributed by atoms with Gasteiger partial charge in [0.2, 0.25) is 0 Å². The first-order chi connectivity index (χ1) is 4.34. The average Bonchev–Trinajstić information content (AvgIpc) is 2.37. The Kier molecular flexibility index (Phi) is 2.26. The first-order valence-electron chi connectivity index (χ1n) is 3.67. The minimum absolute atomic E-state index is 0.0625. The fourth-order valence-corrected chi connectivity index (χ4v) is 1.53. The normalized spacial score (nSPS) is 20.1. The summed E-state index contributed by atoms with van der Waals surface area (Å²) in [5, 5.41) is 3.02. The SMILES string of the molecule is CB(N=O)C1CCCC1. The van der Waals surface area contributed by atoms with Gasteiger partial charge in [0, 0.05) is 0 Å². The molecule has 3 heteroatoms. The van der Waals surface area contributed by atoms with Gasteiger partial charge in [-0.3, -0.25) is 0 Å². The molecule has 0 N–H and O–H groups in total. The predicted molar refractivity (Wildman–Crippen MR) is 39.6 cm³/mol. The fourth-order valence-electron chi connectivity index (χ4n) is 1.53. The monoisotopic (exact) mass is 125 g/mol. The van der Waals surface area contributed by atoms with Crippen molar-refractivity contribution in [1.82, 2.24) is 0 Å². The van der Waals surface area contributed by atoms with Gasteiger partial charge in [-0.2, -0.15) is 4.91 Å². The molecule has 0 saturated heterocycles. The van der Waals surface area contributed by atoms with Crippen molar-refractivity contribution in [3.8, 4) is 0 Å². The van der Waals surface area contributed by atoms with E-state index in [-0.39, 0.29) is 6.85 Å². The van der Waals surface area contributed by atoms with Gasteiger partial charge in [-0.25, -0.2) is 0 Å². The zero-order chi connectivity index (χ0) is 6.69. The van der Waals surface area contributed by atoms with Crippen LogP contribution in [0.25, 0.3) is 0 Å². The molecule has 0 radical (unpaired) electrons. The Morgan fingerprint density at radius 3 is 2.44 bits per heavy atom.